The van der Waals surface area contributed by atoms with E-state index in [2.05, 4.69) is 10.6 Å². The van der Waals surface area contributed by atoms with Gasteiger partial charge in [-0.1, -0.05) is 0 Å². The summed E-state index contributed by atoms with van der Waals surface area (Å²) in [5.74, 6) is 0.929. The molecule has 1 aromatic carbocycles. The van der Waals surface area contributed by atoms with Crippen LogP contribution < -0.4 is 14.2 Å². The van der Waals surface area contributed by atoms with Gasteiger partial charge in [-0.05, 0) is 6.07 Å². The summed E-state index contributed by atoms with van der Waals surface area (Å²) in [6.45, 7) is 0.0512. The average Bonchev–Trinajstić information content (AvgIpc) is 2.45. The molecule has 0 heterocycles. The number of aromatic carboxylic acids is 1. The van der Waals surface area contributed by atoms with Crippen molar-refractivity contribution in [3.8, 4) is 23.8 Å². The quantitative estimate of drug-likeness (QED) is 0.567. The minimum Gasteiger partial charge on any atom is -0.493 e. The lowest BCUT2D eigenvalue weighted by atomic mass is 10.2. The molecule has 0 saturated heterocycles. The maximum atomic E-state index is 12.1. The van der Waals surface area contributed by atoms with E-state index in [1.54, 1.807) is 0 Å². The first-order valence-corrected chi connectivity index (χ1v) is 7.28. The van der Waals surface area contributed by atoms with E-state index in [9.17, 15) is 13.2 Å². The van der Waals surface area contributed by atoms with Crippen LogP contribution >= 0.6 is 0 Å². The van der Waals surface area contributed by atoms with Gasteiger partial charge in [0.05, 0.1) is 19.1 Å². The van der Waals surface area contributed by atoms with E-state index < -0.39 is 16.0 Å². The summed E-state index contributed by atoms with van der Waals surface area (Å²) in [5, 5.41) is 9.14. The fourth-order valence-electron chi connectivity index (χ4n) is 1.59. The minimum absolute atomic E-state index is 0.00900. The molecule has 0 fully saturated rings. The summed E-state index contributed by atoms with van der Waals surface area (Å²) in [5.41, 5.74) is -0.311. The van der Waals surface area contributed by atoms with E-state index in [1.807, 2.05) is 0 Å². The highest BCUT2D eigenvalue weighted by atomic mass is 32.2. The summed E-state index contributed by atoms with van der Waals surface area (Å²) < 4.78 is 36.4. The summed E-state index contributed by atoms with van der Waals surface area (Å²) in [6, 6.07) is 2.19. The van der Waals surface area contributed by atoms with Crippen LogP contribution in [-0.2, 0) is 10.0 Å². The fraction of sp³-hybridized carbons (Fsp3) is 0.308. The highest BCUT2D eigenvalue weighted by Gasteiger charge is 2.23. The smallest absolute Gasteiger partial charge is 0.339 e. The Morgan fingerprint density at radius 2 is 2.05 bits per heavy atom. The van der Waals surface area contributed by atoms with Crippen LogP contribution in [0.3, 0.4) is 0 Å². The van der Waals surface area contributed by atoms with E-state index in [0.29, 0.717) is 0 Å². The van der Waals surface area contributed by atoms with Crippen LogP contribution in [0.1, 0.15) is 16.8 Å². The Morgan fingerprint density at radius 3 is 2.52 bits per heavy atom. The van der Waals surface area contributed by atoms with Gasteiger partial charge in [0.15, 0.2) is 11.5 Å². The largest absolute Gasteiger partial charge is 0.493 e. The number of terminal acetylenes is 1. The van der Waals surface area contributed by atoms with Crippen LogP contribution in [0.4, 0.5) is 0 Å². The number of rotatable bonds is 7. The number of benzene rings is 1. The minimum atomic E-state index is -3.89. The molecule has 0 saturated carbocycles. The van der Waals surface area contributed by atoms with E-state index >= 15 is 0 Å². The number of nitrogens with one attached hydrogen (secondary N) is 1. The first kappa shape index (κ1) is 16.8. The molecule has 0 aromatic heterocycles. The average molecular weight is 313 g/mol. The number of carbonyl (C=O) groups is 1. The molecule has 0 spiro atoms. The Kier molecular flexibility index (Phi) is 5.58. The Bertz CT molecular complexity index is 675. The van der Waals surface area contributed by atoms with Gasteiger partial charge in [-0.3, -0.25) is 0 Å². The Labute approximate surface area is 122 Å². The predicted octanol–water partition coefficient (Wildman–Crippen LogP) is 0.704. The number of carboxylic acids is 1. The zero-order valence-corrected chi connectivity index (χ0v) is 12.4. The summed E-state index contributed by atoms with van der Waals surface area (Å²) in [6.07, 6.45) is 5.27. The van der Waals surface area contributed by atoms with Gasteiger partial charge < -0.3 is 14.6 Å². The van der Waals surface area contributed by atoms with Crippen LogP contribution in [0.25, 0.3) is 0 Å². The van der Waals surface area contributed by atoms with Crippen molar-refractivity contribution >= 4 is 16.0 Å². The molecule has 0 atom stereocenters. The monoisotopic (exact) mass is 313 g/mol. The Balaban J connectivity index is 3.35. The summed E-state index contributed by atoms with van der Waals surface area (Å²) in [4.78, 5) is 11.0. The molecule has 0 amide bonds. The van der Waals surface area contributed by atoms with Gasteiger partial charge in [-0.25, -0.2) is 17.9 Å². The van der Waals surface area contributed by atoms with Crippen molar-refractivity contribution in [3.63, 3.8) is 0 Å². The normalized spacial score (nSPS) is 10.7. The SMILES string of the molecule is C#CCCNS(=O)(=O)c1cc(OC)c(OC)c(C(=O)O)c1. The first-order valence-electron chi connectivity index (χ1n) is 5.79. The molecule has 0 aliphatic rings. The van der Waals surface area contributed by atoms with Gasteiger partial charge in [0.1, 0.15) is 5.56 Å². The van der Waals surface area contributed by atoms with Gasteiger partial charge in [-0.15, -0.1) is 12.3 Å². The lowest BCUT2D eigenvalue weighted by molar-refractivity contribution is 0.0692. The predicted molar refractivity (Wildman–Crippen MR) is 75.1 cm³/mol. The van der Waals surface area contributed by atoms with E-state index in [4.69, 9.17) is 21.0 Å². The molecule has 0 aliphatic carbocycles. The fourth-order valence-corrected chi connectivity index (χ4v) is 2.67. The Hall–Kier alpha value is -2.24. The van der Waals surface area contributed by atoms with E-state index in [-0.39, 0.29) is 34.9 Å². The van der Waals surface area contributed by atoms with Gasteiger partial charge in [0.25, 0.3) is 0 Å². The third-order valence-corrected chi connectivity index (χ3v) is 4.00. The second kappa shape index (κ2) is 6.97. The maximum absolute atomic E-state index is 12.1. The van der Waals surface area contributed by atoms with Gasteiger partial charge in [0, 0.05) is 19.0 Å². The number of sulfonamides is 1. The van der Waals surface area contributed by atoms with Gasteiger partial charge >= 0.3 is 5.97 Å². The zero-order chi connectivity index (χ0) is 16.0. The van der Waals surface area contributed by atoms with Crippen molar-refractivity contribution in [2.75, 3.05) is 20.8 Å². The second-order valence-electron chi connectivity index (χ2n) is 3.86. The number of methoxy groups -OCH3 is 2. The molecule has 1 aromatic rings. The zero-order valence-electron chi connectivity index (χ0n) is 11.5. The molecular formula is C13H15NO6S. The molecular weight excluding hydrogens is 298 g/mol. The number of ether oxygens (including phenoxy) is 2. The molecule has 7 nitrogen and oxygen atoms in total. The first-order chi connectivity index (χ1) is 9.87. The van der Waals surface area contributed by atoms with Gasteiger partial charge in [0.2, 0.25) is 10.0 Å². The molecule has 0 unspecified atom stereocenters. The third kappa shape index (κ3) is 3.87. The summed E-state index contributed by atoms with van der Waals surface area (Å²) in [7, 11) is -1.34. The van der Waals surface area contributed by atoms with Crippen molar-refractivity contribution in [1.82, 2.24) is 4.72 Å². The maximum Gasteiger partial charge on any atom is 0.339 e. The molecule has 8 heteroatoms. The molecule has 1 rings (SSSR count). The highest BCUT2D eigenvalue weighted by Crippen LogP contribution is 2.34. The molecule has 0 bridgehead atoms. The molecule has 114 valence electrons. The van der Waals surface area contributed by atoms with Crippen LogP contribution in [-0.4, -0.2) is 40.3 Å². The molecule has 21 heavy (non-hydrogen) atoms. The van der Waals surface area contributed by atoms with Gasteiger partial charge in [-0.2, -0.15) is 0 Å². The summed E-state index contributed by atoms with van der Waals surface area (Å²) >= 11 is 0. The lowest BCUT2D eigenvalue weighted by Crippen LogP contribution is -2.25. The third-order valence-electron chi connectivity index (χ3n) is 2.55. The highest BCUT2D eigenvalue weighted by molar-refractivity contribution is 7.89. The Morgan fingerprint density at radius 1 is 1.38 bits per heavy atom. The molecule has 0 aliphatic heterocycles. The second-order valence-corrected chi connectivity index (χ2v) is 5.63. The standard InChI is InChI=1S/C13H15NO6S/c1-4-5-6-14-21(17,18)9-7-10(13(15)16)12(20-3)11(8-9)19-2/h1,7-8,14H,5-6H2,2-3H3,(H,15,16). The number of hydrogen-bond donors (Lipinski definition) is 2. The van der Waals surface area contributed by atoms with Crippen molar-refractivity contribution in [3.05, 3.63) is 17.7 Å². The molecule has 2 N–H and O–H groups in total. The van der Waals surface area contributed by atoms with Crippen molar-refractivity contribution in [2.45, 2.75) is 11.3 Å². The molecule has 0 radical (unpaired) electrons. The van der Waals surface area contributed by atoms with Crippen LogP contribution in [0.15, 0.2) is 17.0 Å². The van der Waals surface area contributed by atoms with Crippen LogP contribution in [0.2, 0.25) is 0 Å². The number of carboxylic acid groups (broad SMARTS) is 1. The topological polar surface area (TPSA) is 102 Å². The van der Waals surface area contributed by atoms with Crippen molar-refractivity contribution in [1.29, 1.82) is 0 Å². The van der Waals surface area contributed by atoms with Crippen LogP contribution in [0, 0.1) is 12.3 Å². The van der Waals surface area contributed by atoms with Crippen molar-refractivity contribution in [2.24, 2.45) is 0 Å². The number of hydrogen-bond acceptors (Lipinski definition) is 5. The van der Waals surface area contributed by atoms with Crippen molar-refractivity contribution < 1.29 is 27.8 Å². The lowest BCUT2D eigenvalue weighted by Gasteiger charge is -2.13. The van der Waals surface area contributed by atoms with Crippen LogP contribution in [0.5, 0.6) is 11.5 Å². The van der Waals surface area contributed by atoms with E-state index in [1.165, 1.54) is 20.3 Å². The van der Waals surface area contributed by atoms with E-state index in [0.717, 1.165) is 6.07 Å².